The van der Waals surface area contributed by atoms with Crippen LogP contribution in [0.3, 0.4) is 0 Å². The van der Waals surface area contributed by atoms with Crippen molar-refractivity contribution >= 4 is 0 Å². The van der Waals surface area contributed by atoms with Gasteiger partial charge >= 0.3 is 0 Å². The van der Waals surface area contributed by atoms with Gasteiger partial charge in [0.15, 0.2) is 0 Å². The number of hydrogen-bond donors (Lipinski definition) is 1. The Bertz CT molecular complexity index is 168. The van der Waals surface area contributed by atoms with E-state index in [-0.39, 0.29) is 0 Å². The molecular weight excluding hydrogens is 208 g/mol. The van der Waals surface area contributed by atoms with Crippen molar-refractivity contribution in [2.75, 3.05) is 26.2 Å². The van der Waals surface area contributed by atoms with Crippen molar-refractivity contribution in [1.82, 2.24) is 10.2 Å². The van der Waals surface area contributed by atoms with Gasteiger partial charge in [0.25, 0.3) is 0 Å². The van der Waals surface area contributed by atoms with Crippen molar-refractivity contribution in [1.29, 1.82) is 0 Å². The first-order chi connectivity index (χ1) is 8.04. The SMILES string of the molecule is CCC(C)CN(CC)C(CC)CNCC(C)C. The maximum atomic E-state index is 3.60. The van der Waals surface area contributed by atoms with Crippen molar-refractivity contribution < 1.29 is 0 Å². The quantitative estimate of drug-likeness (QED) is 0.632. The zero-order chi connectivity index (χ0) is 13.3. The highest BCUT2D eigenvalue weighted by atomic mass is 15.2. The Morgan fingerprint density at radius 2 is 1.59 bits per heavy atom. The van der Waals surface area contributed by atoms with Crippen LogP contribution in [0, 0.1) is 11.8 Å². The molecule has 2 heteroatoms. The molecule has 0 heterocycles. The first kappa shape index (κ1) is 16.9. The second-order valence-corrected chi connectivity index (χ2v) is 5.72. The van der Waals surface area contributed by atoms with Crippen LogP contribution >= 0.6 is 0 Å². The summed E-state index contributed by atoms with van der Waals surface area (Å²) in [7, 11) is 0. The third kappa shape index (κ3) is 7.77. The molecule has 0 rings (SSSR count). The van der Waals surface area contributed by atoms with Gasteiger partial charge in [-0.2, -0.15) is 0 Å². The highest BCUT2D eigenvalue weighted by Gasteiger charge is 2.16. The van der Waals surface area contributed by atoms with Crippen LogP contribution in [0.4, 0.5) is 0 Å². The van der Waals surface area contributed by atoms with Gasteiger partial charge in [0.2, 0.25) is 0 Å². The summed E-state index contributed by atoms with van der Waals surface area (Å²) in [5.41, 5.74) is 0. The molecule has 0 spiro atoms. The maximum absolute atomic E-state index is 3.60. The summed E-state index contributed by atoms with van der Waals surface area (Å²) in [6.45, 7) is 18.5. The molecule has 0 bridgehead atoms. The normalized spacial score (nSPS) is 15.5. The molecule has 0 aliphatic carbocycles. The third-order valence-corrected chi connectivity index (χ3v) is 3.57. The lowest BCUT2D eigenvalue weighted by molar-refractivity contribution is 0.168. The van der Waals surface area contributed by atoms with Crippen LogP contribution in [-0.4, -0.2) is 37.1 Å². The highest BCUT2D eigenvalue weighted by molar-refractivity contribution is 4.74. The van der Waals surface area contributed by atoms with Gasteiger partial charge in [-0.1, -0.05) is 48.0 Å². The Hall–Kier alpha value is -0.0800. The molecule has 104 valence electrons. The van der Waals surface area contributed by atoms with Crippen LogP contribution in [0.15, 0.2) is 0 Å². The molecule has 0 aliphatic heterocycles. The minimum atomic E-state index is 0.702. The van der Waals surface area contributed by atoms with Crippen LogP contribution in [0.25, 0.3) is 0 Å². The lowest BCUT2D eigenvalue weighted by atomic mass is 10.1. The summed E-state index contributed by atoms with van der Waals surface area (Å²) in [6, 6.07) is 0.702. The Kier molecular flexibility index (Phi) is 9.85. The Balaban J connectivity index is 4.09. The van der Waals surface area contributed by atoms with Crippen LogP contribution in [-0.2, 0) is 0 Å². The Labute approximate surface area is 109 Å². The number of hydrogen-bond acceptors (Lipinski definition) is 2. The van der Waals surface area contributed by atoms with E-state index >= 15 is 0 Å². The summed E-state index contributed by atoms with van der Waals surface area (Å²) < 4.78 is 0. The Morgan fingerprint density at radius 1 is 0.941 bits per heavy atom. The van der Waals surface area contributed by atoms with Crippen LogP contribution in [0.5, 0.6) is 0 Å². The van der Waals surface area contributed by atoms with Crippen LogP contribution < -0.4 is 5.32 Å². The molecule has 17 heavy (non-hydrogen) atoms. The molecule has 0 fully saturated rings. The molecule has 0 aromatic rings. The van der Waals surface area contributed by atoms with E-state index in [0.717, 1.165) is 24.9 Å². The van der Waals surface area contributed by atoms with E-state index in [1.54, 1.807) is 0 Å². The average Bonchev–Trinajstić information content (AvgIpc) is 2.31. The van der Waals surface area contributed by atoms with E-state index in [2.05, 4.69) is 51.8 Å². The molecule has 0 saturated carbocycles. The van der Waals surface area contributed by atoms with Crippen molar-refractivity contribution in [2.45, 2.75) is 60.4 Å². The topological polar surface area (TPSA) is 15.3 Å². The summed E-state index contributed by atoms with van der Waals surface area (Å²) in [6.07, 6.45) is 2.53. The lowest BCUT2D eigenvalue weighted by Gasteiger charge is -2.32. The van der Waals surface area contributed by atoms with Crippen molar-refractivity contribution in [2.24, 2.45) is 11.8 Å². The van der Waals surface area contributed by atoms with Gasteiger partial charge in [0, 0.05) is 19.1 Å². The summed E-state index contributed by atoms with van der Waals surface area (Å²) >= 11 is 0. The largest absolute Gasteiger partial charge is 0.315 e. The second kappa shape index (κ2) is 9.90. The van der Waals surface area contributed by atoms with Crippen LogP contribution in [0.1, 0.15) is 54.4 Å². The fourth-order valence-corrected chi connectivity index (χ4v) is 2.14. The van der Waals surface area contributed by atoms with Crippen molar-refractivity contribution in [3.05, 3.63) is 0 Å². The monoisotopic (exact) mass is 242 g/mol. The molecule has 2 atom stereocenters. The molecule has 0 saturated heterocycles. The van der Waals surface area contributed by atoms with Crippen LogP contribution in [0.2, 0.25) is 0 Å². The van der Waals surface area contributed by atoms with E-state index in [0.29, 0.717) is 6.04 Å². The lowest BCUT2D eigenvalue weighted by Crippen LogP contribution is -2.44. The minimum absolute atomic E-state index is 0.702. The number of nitrogens with zero attached hydrogens (tertiary/aromatic N) is 1. The predicted octanol–water partition coefficient (Wildman–Crippen LogP) is 3.38. The molecule has 0 aromatic carbocycles. The van der Waals surface area contributed by atoms with Gasteiger partial charge in [-0.3, -0.25) is 4.90 Å². The first-order valence-electron chi connectivity index (χ1n) is 7.49. The molecule has 0 radical (unpaired) electrons. The van der Waals surface area contributed by atoms with Gasteiger partial charge < -0.3 is 5.32 Å². The van der Waals surface area contributed by atoms with E-state index in [1.807, 2.05) is 0 Å². The number of likely N-dealkylation sites (N-methyl/N-ethyl adjacent to an activating group) is 1. The third-order valence-electron chi connectivity index (χ3n) is 3.57. The van der Waals surface area contributed by atoms with E-state index < -0.39 is 0 Å². The summed E-state index contributed by atoms with van der Waals surface area (Å²) in [5, 5.41) is 3.60. The first-order valence-corrected chi connectivity index (χ1v) is 7.49. The average molecular weight is 242 g/mol. The standard InChI is InChI=1S/C15H34N2/c1-7-14(6)12-17(9-3)15(8-2)11-16-10-13(4)5/h13-16H,7-12H2,1-6H3. The second-order valence-electron chi connectivity index (χ2n) is 5.72. The summed E-state index contributed by atoms with van der Waals surface area (Å²) in [5.74, 6) is 1.56. The van der Waals surface area contributed by atoms with E-state index in [4.69, 9.17) is 0 Å². The van der Waals surface area contributed by atoms with E-state index in [9.17, 15) is 0 Å². The van der Waals surface area contributed by atoms with Gasteiger partial charge in [0.1, 0.15) is 0 Å². The maximum Gasteiger partial charge on any atom is 0.0218 e. The van der Waals surface area contributed by atoms with Gasteiger partial charge in [-0.05, 0) is 31.3 Å². The molecule has 0 aliphatic rings. The fraction of sp³-hybridized carbons (Fsp3) is 1.00. The Morgan fingerprint density at radius 3 is 2.00 bits per heavy atom. The molecule has 1 N–H and O–H groups in total. The molecule has 0 amide bonds. The predicted molar refractivity (Wildman–Crippen MR) is 78.5 cm³/mol. The molecular formula is C15H34N2. The number of rotatable bonds is 10. The molecule has 0 aromatic heterocycles. The van der Waals surface area contributed by atoms with Crippen molar-refractivity contribution in [3.8, 4) is 0 Å². The summed E-state index contributed by atoms with van der Waals surface area (Å²) in [4.78, 5) is 2.64. The molecule has 2 nitrogen and oxygen atoms in total. The van der Waals surface area contributed by atoms with Gasteiger partial charge in [-0.25, -0.2) is 0 Å². The van der Waals surface area contributed by atoms with Gasteiger partial charge in [-0.15, -0.1) is 0 Å². The van der Waals surface area contributed by atoms with E-state index in [1.165, 1.54) is 25.9 Å². The number of nitrogens with one attached hydrogen (secondary N) is 1. The van der Waals surface area contributed by atoms with Gasteiger partial charge in [0.05, 0.1) is 0 Å². The molecule has 2 unspecified atom stereocenters. The zero-order valence-electron chi connectivity index (χ0n) is 12.9. The smallest absolute Gasteiger partial charge is 0.0218 e. The fourth-order valence-electron chi connectivity index (χ4n) is 2.14. The highest BCUT2D eigenvalue weighted by Crippen LogP contribution is 2.10. The minimum Gasteiger partial charge on any atom is -0.315 e. The zero-order valence-corrected chi connectivity index (χ0v) is 12.9. The van der Waals surface area contributed by atoms with Crippen molar-refractivity contribution in [3.63, 3.8) is 0 Å².